The standard InChI is InChI=1S/C37H68O6/c1-3-5-7-21-27-34(38)29-23-17-13-9-11-15-19-25-31-36(40)42-33-43-37(41)32-26-20-16-12-10-14-18-24-30-35(39)28-22-8-6-4-2/h17-18,23-24,34-35,38-39H,3-16,19-22,25-33H2,1-2H3/b23-17-,24-18-/t34-,35+. The van der Waals surface area contributed by atoms with Crippen molar-refractivity contribution in [3.05, 3.63) is 24.3 Å². The van der Waals surface area contributed by atoms with Crippen molar-refractivity contribution in [3.8, 4) is 0 Å². The van der Waals surface area contributed by atoms with Gasteiger partial charge in [-0.25, -0.2) is 0 Å². The topological polar surface area (TPSA) is 93.1 Å². The molecular formula is C37H68O6. The van der Waals surface area contributed by atoms with Gasteiger partial charge >= 0.3 is 11.9 Å². The SMILES string of the molecule is CCCCCC[C@H](O)C/C=C\CCCCCCCC(=O)OCOC(=O)CCCCCCC/C=C\C[C@H](O)CCCCCC. The zero-order valence-electron chi connectivity index (χ0n) is 28.1. The fraction of sp³-hybridized carbons (Fsp3) is 0.838. The Labute approximate surface area is 265 Å². The molecular weight excluding hydrogens is 540 g/mol. The summed E-state index contributed by atoms with van der Waals surface area (Å²) in [5.74, 6) is -0.612. The van der Waals surface area contributed by atoms with E-state index in [1.807, 2.05) is 0 Å². The molecule has 43 heavy (non-hydrogen) atoms. The predicted octanol–water partition coefficient (Wildman–Crippen LogP) is 10.0. The van der Waals surface area contributed by atoms with Crippen molar-refractivity contribution in [1.82, 2.24) is 0 Å². The Morgan fingerprint density at radius 1 is 0.512 bits per heavy atom. The van der Waals surface area contributed by atoms with Crippen LogP contribution in [0.25, 0.3) is 0 Å². The average molecular weight is 609 g/mol. The van der Waals surface area contributed by atoms with Crippen LogP contribution in [-0.4, -0.2) is 41.2 Å². The van der Waals surface area contributed by atoms with Crippen LogP contribution in [0.15, 0.2) is 24.3 Å². The number of hydrogen-bond acceptors (Lipinski definition) is 6. The van der Waals surface area contributed by atoms with Crippen molar-refractivity contribution < 1.29 is 29.3 Å². The van der Waals surface area contributed by atoms with E-state index in [9.17, 15) is 19.8 Å². The summed E-state index contributed by atoms with van der Waals surface area (Å²) in [6, 6.07) is 0. The highest BCUT2D eigenvalue weighted by Crippen LogP contribution is 2.12. The fourth-order valence-electron chi connectivity index (χ4n) is 5.02. The zero-order chi connectivity index (χ0) is 31.6. The minimum absolute atomic E-state index is 0.202. The van der Waals surface area contributed by atoms with E-state index in [4.69, 9.17) is 9.47 Å². The molecule has 0 aromatic rings. The van der Waals surface area contributed by atoms with E-state index in [0.29, 0.717) is 12.8 Å². The van der Waals surface area contributed by atoms with E-state index in [1.54, 1.807) is 0 Å². The highest BCUT2D eigenvalue weighted by atomic mass is 16.7. The van der Waals surface area contributed by atoms with E-state index in [2.05, 4.69) is 38.2 Å². The maximum atomic E-state index is 11.8. The first kappa shape index (κ1) is 41.3. The Bertz CT molecular complexity index is 618. The molecule has 0 fully saturated rings. The molecule has 0 saturated heterocycles. The van der Waals surface area contributed by atoms with Crippen LogP contribution in [0.5, 0.6) is 0 Å². The van der Waals surface area contributed by atoms with E-state index >= 15 is 0 Å². The Morgan fingerprint density at radius 3 is 1.30 bits per heavy atom. The quantitative estimate of drug-likeness (QED) is 0.0342. The lowest BCUT2D eigenvalue weighted by atomic mass is 10.1. The zero-order valence-corrected chi connectivity index (χ0v) is 28.1. The number of aliphatic hydroxyl groups is 2. The second-order valence-electron chi connectivity index (χ2n) is 12.2. The summed E-state index contributed by atoms with van der Waals surface area (Å²) in [5, 5.41) is 19.9. The first-order valence-corrected chi connectivity index (χ1v) is 18.0. The summed E-state index contributed by atoms with van der Waals surface area (Å²) in [7, 11) is 0. The Kier molecular flexibility index (Phi) is 32.0. The minimum atomic E-state index is -0.306. The summed E-state index contributed by atoms with van der Waals surface area (Å²) in [6.45, 7) is 4.12. The third-order valence-electron chi connectivity index (χ3n) is 7.87. The molecule has 6 heteroatoms. The largest absolute Gasteiger partial charge is 0.428 e. The van der Waals surface area contributed by atoms with Gasteiger partial charge in [-0.05, 0) is 64.2 Å². The molecule has 0 aliphatic heterocycles. The van der Waals surface area contributed by atoms with E-state index in [0.717, 1.165) is 116 Å². The van der Waals surface area contributed by atoms with E-state index < -0.39 is 0 Å². The Morgan fingerprint density at radius 2 is 0.884 bits per heavy atom. The fourth-order valence-corrected chi connectivity index (χ4v) is 5.02. The first-order chi connectivity index (χ1) is 21.0. The smallest absolute Gasteiger partial charge is 0.308 e. The average Bonchev–Trinajstić information content (AvgIpc) is 2.99. The molecule has 0 saturated carbocycles. The predicted molar refractivity (Wildman–Crippen MR) is 179 cm³/mol. The van der Waals surface area contributed by atoms with Crippen molar-refractivity contribution in [2.24, 2.45) is 0 Å². The van der Waals surface area contributed by atoms with Crippen LogP contribution in [0.2, 0.25) is 0 Å². The number of hydrogen-bond donors (Lipinski definition) is 2. The highest BCUT2D eigenvalue weighted by molar-refractivity contribution is 5.70. The van der Waals surface area contributed by atoms with Gasteiger partial charge in [0.25, 0.3) is 0 Å². The maximum absolute atomic E-state index is 11.8. The monoisotopic (exact) mass is 609 g/mol. The summed E-state index contributed by atoms with van der Waals surface area (Å²) in [4.78, 5) is 23.7. The lowest BCUT2D eigenvalue weighted by Crippen LogP contribution is -2.12. The van der Waals surface area contributed by atoms with E-state index in [1.165, 1.54) is 38.5 Å². The van der Waals surface area contributed by atoms with Crippen molar-refractivity contribution in [2.75, 3.05) is 6.79 Å². The van der Waals surface area contributed by atoms with Crippen LogP contribution in [0.1, 0.15) is 181 Å². The highest BCUT2D eigenvalue weighted by Gasteiger charge is 2.07. The number of rotatable bonds is 32. The van der Waals surface area contributed by atoms with Crippen LogP contribution >= 0.6 is 0 Å². The number of carbonyl (C=O) groups excluding carboxylic acids is 2. The van der Waals surface area contributed by atoms with Crippen LogP contribution in [0, 0.1) is 0 Å². The van der Waals surface area contributed by atoms with Crippen molar-refractivity contribution in [1.29, 1.82) is 0 Å². The van der Waals surface area contributed by atoms with Crippen LogP contribution in [0.3, 0.4) is 0 Å². The maximum Gasteiger partial charge on any atom is 0.308 e. The number of allylic oxidation sites excluding steroid dienone is 2. The van der Waals surface area contributed by atoms with Gasteiger partial charge in [0, 0.05) is 12.8 Å². The molecule has 0 aromatic carbocycles. The molecule has 0 heterocycles. The molecule has 252 valence electrons. The summed E-state index contributed by atoms with van der Waals surface area (Å²) in [6.07, 6.45) is 34.3. The Balaban J connectivity index is 3.45. The summed E-state index contributed by atoms with van der Waals surface area (Å²) >= 11 is 0. The molecule has 6 nitrogen and oxygen atoms in total. The summed E-state index contributed by atoms with van der Waals surface area (Å²) < 4.78 is 10.1. The van der Waals surface area contributed by atoms with Gasteiger partial charge < -0.3 is 19.7 Å². The molecule has 2 N–H and O–H groups in total. The molecule has 2 atom stereocenters. The molecule has 0 aromatic heterocycles. The molecule has 0 amide bonds. The van der Waals surface area contributed by atoms with Crippen LogP contribution < -0.4 is 0 Å². The third-order valence-corrected chi connectivity index (χ3v) is 7.87. The van der Waals surface area contributed by atoms with Gasteiger partial charge in [0.05, 0.1) is 12.2 Å². The van der Waals surface area contributed by atoms with Gasteiger partial charge in [-0.2, -0.15) is 0 Å². The molecule has 0 spiro atoms. The minimum Gasteiger partial charge on any atom is -0.428 e. The molecule has 0 aliphatic carbocycles. The van der Waals surface area contributed by atoms with Gasteiger partial charge in [-0.3, -0.25) is 9.59 Å². The molecule has 0 rings (SSSR count). The first-order valence-electron chi connectivity index (χ1n) is 18.0. The second-order valence-corrected chi connectivity index (χ2v) is 12.2. The van der Waals surface area contributed by atoms with Crippen molar-refractivity contribution in [2.45, 2.75) is 193 Å². The molecule has 0 aliphatic rings. The normalized spacial score (nSPS) is 13.1. The molecule has 0 radical (unpaired) electrons. The van der Waals surface area contributed by atoms with Gasteiger partial charge in [0.2, 0.25) is 6.79 Å². The lowest BCUT2D eigenvalue weighted by molar-refractivity contribution is -0.167. The van der Waals surface area contributed by atoms with Crippen molar-refractivity contribution in [3.63, 3.8) is 0 Å². The van der Waals surface area contributed by atoms with Crippen LogP contribution in [-0.2, 0) is 19.1 Å². The number of carbonyl (C=O) groups is 2. The van der Waals surface area contributed by atoms with Gasteiger partial charge in [0.15, 0.2) is 0 Å². The van der Waals surface area contributed by atoms with Gasteiger partial charge in [-0.1, -0.05) is 128 Å². The lowest BCUT2D eigenvalue weighted by Gasteiger charge is -2.07. The second kappa shape index (κ2) is 33.2. The van der Waals surface area contributed by atoms with Gasteiger partial charge in [-0.15, -0.1) is 0 Å². The number of esters is 2. The molecule has 0 unspecified atom stereocenters. The number of unbranched alkanes of at least 4 members (excludes halogenated alkanes) is 16. The van der Waals surface area contributed by atoms with Crippen LogP contribution in [0.4, 0.5) is 0 Å². The molecule has 0 bridgehead atoms. The summed E-state index contributed by atoms with van der Waals surface area (Å²) in [5.41, 5.74) is 0. The number of aliphatic hydroxyl groups excluding tert-OH is 2. The van der Waals surface area contributed by atoms with E-state index in [-0.39, 0.29) is 30.9 Å². The van der Waals surface area contributed by atoms with Crippen molar-refractivity contribution >= 4 is 11.9 Å². The third kappa shape index (κ3) is 33.1. The van der Waals surface area contributed by atoms with Gasteiger partial charge in [0.1, 0.15) is 0 Å². The number of ether oxygens (including phenoxy) is 2. The Hall–Kier alpha value is -1.66.